The molecule has 0 N–H and O–H groups in total. The van der Waals surface area contributed by atoms with Crippen LogP contribution in [0.15, 0.2) is 60.2 Å². The van der Waals surface area contributed by atoms with Crippen LogP contribution in [0.3, 0.4) is 0 Å². The number of hydrogen-bond acceptors (Lipinski definition) is 7. The fraction of sp³-hybridized carbons (Fsp3) is 0.489. The van der Waals surface area contributed by atoms with Crippen molar-refractivity contribution in [3.8, 4) is 11.5 Å². The Morgan fingerprint density at radius 2 is 1.42 bits per heavy atom. The van der Waals surface area contributed by atoms with Gasteiger partial charge >= 0.3 is 12.2 Å². The first-order chi connectivity index (χ1) is 26.8. The average Bonchev–Trinajstić information content (AvgIpc) is 3.95. The monoisotopic (exact) mass is 819 g/mol. The Hall–Kier alpha value is -4.41. The quantitative estimate of drug-likeness (QED) is 0.188. The van der Waals surface area contributed by atoms with Crippen molar-refractivity contribution in [3.05, 3.63) is 98.0 Å². The number of ether oxygens (including phenoxy) is 4. The summed E-state index contributed by atoms with van der Waals surface area (Å²) >= 11 is 12.7. The summed E-state index contributed by atoms with van der Waals surface area (Å²) < 4.78 is 23.7. The summed E-state index contributed by atoms with van der Waals surface area (Å²) in [7, 11) is 0. The van der Waals surface area contributed by atoms with Gasteiger partial charge in [-0.15, -0.1) is 0 Å². The second-order valence-electron chi connectivity index (χ2n) is 17.3. The number of amides is 3. The van der Waals surface area contributed by atoms with Gasteiger partial charge in [0.25, 0.3) is 5.91 Å². The van der Waals surface area contributed by atoms with E-state index in [1.807, 2.05) is 83.7 Å². The molecule has 2 unspecified atom stereocenters. The lowest BCUT2D eigenvalue weighted by Gasteiger charge is -2.51. The molecule has 1 saturated heterocycles. The fourth-order valence-corrected chi connectivity index (χ4v) is 8.18. The van der Waals surface area contributed by atoms with Gasteiger partial charge in [0.05, 0.1) is 22.1 Å². The molecule has 0 radical (unpaired) electrons. The number of piperazine rings is 1. The number of nitrogens with zero attached hydrogens (tertiary/aromatic N) is 3. The largest absolute Gasteiger partial charge is 0.490 e. The van der Waals surface area contributed by atoms with E-state index >= 15 is 4.79 Å². The zero-order valence-corrected chi connectivity index (χ0v) is 36.1. The van der Waals surface area contributed by atoms with Crippen LogP contribution in [0.5, 0.6) is 11.5 Å². The van der Waals surface area contributed by atoms with Gasteiger partial charge in [-0.25, -0.2) is 9.59 Å². The normalized spacial score (nSPS) is 18.3. The zero-order chi connectivity index (χ0) is 41.4. The molecule has 2 bridgehead atoms. The van der Waals surface area contributed by atoms with Crippen molar-refractivity contribution in [1.29, 1.82) is 0 Å². The van der Waals surface area contributed by atoms with Crippen LogP contribution in [0.2, 0.25) is 10.0 Å². The third-order valence-corrected chi connectivity index (χ3v) is 10.9. The molecule has 12 heteroatoms. The average molecular weight is 821 g/mol. The van der Waals surface area contributed by atoms with E-state index in [1.54, 1.807) is 21.9 Å². The molecule has 57 heavy (non-hydrogen) atoms. The molecule has 3 amide bonds. The summed E-state index contributed by atoms with van der Waals surface area (Å²) in [6, 6.07) is 16.2. The minimum atomic E-state index is -0.782. The Morgan fingerprint density at radius 3 is 2.04 bits per heavy atom. The summed E-state index contributed by atoms with van der Waals surface area (Å²) in [4.78, 5) is 48.4. The standard InChI is InChI=1S/C45H55Cl2N3O7/c1-27-21-36(46)40(37(47)22-27)55-20-19-54-34-17-13-30(14-18-34)35-23-33-25-48(42(52)56-44(4,5)6)26-38(50(33)43(53)57-45(7,8)9)39(35)41(51)49(32-15-16-32)24-31-12-10-11-28(2)29(31)3/h10-14,17-18,21-22,32-33,38H,15-16,19-20,23-26H2,1-9H3. The molecule has 1 saturated carbocycles. The second kappa shape index (κ2) is 16.8. The lowest BCUT2D eigenvalue weighted by atomic mass is 9.81. The number of hydrogen-bond donors (Lipinski definition) is 0. The van der Waals surface area contributed by atoms with Crippen LogP contribution in [0.4, 0.5) is 9.59 Å². The summed E-state index contributed by atoms with van der Waals surface area (Å²) in [6.45, 7) is 18.2. The van der Waals surface area contributed by atoms with Crippen molar-refractivity contribution in [3.63, 3.8) is 0 Å². The number of fused-ring (bicyclic) bond motifs is 2. The molecular formula is C45H55Cl2N3O7. The predicted molar refractivity (Wildman–Crippen MR) is 223 cm³/mol. The Balaban J connectivity index is 1.36. The maximum Gasteiger partial charge on any atom is 0.411 e. The number of carbonyl (C=O) groups excluding carboxylic acids is 3. The molecule has 3 aliphatic rings. The first kappa shape index (κ1) is 42.2. The van der Waals surface area contributed by atoms with E-state index in [0.29, 0.717) is 40.1 Å². The molecule has 0 spiro atoms. The van der Waals surface area contributed by atoms with E-state index in [-0.39, 0.29) is 38.3 Å². The van der Waals surface area contributed by atoms with Crippen LogP contribution < -0.4 is 9.47 Å². The Morgan fingerprint density at radius 1 is 0.807 bits per heavy atom. The van der Waals surface area contributed by atoms with Gasteiger partial charge in [-0.1, -0.05) is 53.5 Å². The van der Waals surface area contributed by atoms with Gasteiger partial charge < -0.3 is 28.7 Å². The van der Waals surface area contributed by atoms with Gasteiger partial charge in [0.1, 0.15) is 30.2 Å². The van der Waals surface area contributed by atoms with Gasteiger partial charge in [-0.05, 0) is 139 Å². The fourth-order valence-electron chi connectivity index (χ4n) is 7.47. The molecular weight excluding hydrogens is 765 g/mol. The molecule has 306 valence electrons. The third kappa shape index (κ3) is 10.2. The Labute approximate surface area is 347 Å². The molecule has 2 heterocycles. The van der Waals surface area contributed by atoms with E-state index in [9.17, 15) is 9.59 Å². The lowest BCUT2D eigenvalue weighted by molar-refractivity contribution is -0.129. The minimum Gasteiger partial charge on any atom is -0.490 e. The van der Waals surface area contributed by atoms with Crippen LogP contribution >= 0.6 is 23.2 Å². The first-order valence-corrected chi connectivity index (χ1v) is 20.4. The maximum atomic E-state index is 15.3. The lowest BCUT2D eigenvalue weighted by Crippen LogP contribution is -2.66. The highest BCUT2D eigenvalue weighted by Gasteiger charge is 2.51. The molecule has 2 aliphatic heterocycles. The highest BCUT2D eigenvalue weighted by Crippen LogP contribution is 2.42. The molecule has 3 aromatic rings. The van der Waals surface area contributed by atoms with Gasteiger partial charge in [-0.3, -0.25) is 9.69 Å². The number of halogens is 2. The maximum absolute atomic E-state index is 15.3. The van der Waals surface area contributed by atoms with E-state index in [0.717, 1.165) is 46.2 Å². The smallest absolute Gasteiger partial charge is 0.411 e. The van der Waals surface area contributed by atoms with Gasteiger partial charge in [0.2, 0.25) is 0 Å². The van der Waals surface area contributed by atoms with Gasteiger partial charge in [0.15, 0.2) is 5.75 Å². The highest BCUT2D eigenvalue weighted by atomic mass is 35.5. The van der Waals surface area contributed by atoms with E-state index in [4.69, 9.17) is 42.1 Å². The number of rotatable bonds is 10. The van der Waals surface area contributed by atoms with Crippen LogP contribution in [0, 0.1) is 20.8 Å². The Bertz CT molecular complexity index is 2010. The van der Waals surface area contributed by atoms with Gasteiger partial charge in [-0.2, -0.15) is 0 Å². The molecule has 2 atom stereocenters. The van der Waals surface area contributed by atoms with Crippen molar-refractivity contribution < 1.29 is 33.3 Å². The summed E-state index contributed by atoms with van der Waals surface area (Å²) in [5.41, 5.74) is 4.98. The molecule has 1 aliphatic carbocycles. The Kier molecular flexibility index (Phi) is 12.5. The van der Waals surface area contributed by atoms with Crippen molar-refractivity contribution in [1.82, 2.24) is 14.7 Å². The van der Waals surface area contributed by atoms with Crippen LogP contribution in [-0.4, -0.2) is 88.4 Å². The number of benzene rings is 3. The van der Waals surface area contributed by atoms with Crippen molar-refractivity contribution in [2.45, 2.75) is 117 Å². The third-order valence-electron chi connectivity index (χ3n) is 10.4. The SMILES string of the molecule is Cc1cc(Cl)c(OCCOc2ccc(C3=C(C(=O)N(Cc4cccc(C)c4C)C4CC4)C4CN(C(=O)OC(C)(C)C)CC(C3)N4C(=O)OC(C)(C)C)cc2)c(Cl)c1. The van der Waals surface area contributed by atoms with Crippen LogP contribution in [0.25, 0.3) is 5.57 Å². The molecule has 2 fully saturated rings. The van der Waals surface area contributed by atoms with Crippen LogP contribution in [0.1, 0.15) is 88.6 Å². The number of aryl methyl sites for hydroxylation is 2. The van der Waals surface area contributed by atoms with Crippen molar-refractivity contribution in [2.75, 3.05) is 26.3 Å². The molecule has 0 aromatic heterocycles. The topological polar surface area (TPSA) is 97.9 Å². The van der Waals surface area contributed by atoms with E-state index in [1.165, 1.54) is 0 Å². The first-order valence-electron chi connectivity index (χ1n) is 19.7. The molecule has 3 aromatic carbocycles. The van der Waals surface area contributed by atoms with E-state index < -0.39 is 35.5 Å². The predicted octanol–water partition coefficient (Wildman–Crippen LogP) is 9.95. The van der Waals surface area contributed by atoms with E-state index in [2.05, 4.69) is 26.0 Å². The molecule has 6 rings (SSSR count). The minimum absolute atomic E-state index is 0.0621. The summed E-state index contributed by atoms with van der Waals surface area (Å²) in [5.74, 6) is 0.884. The molecule has 10 nitrogen and oxygen atoms in total. The van der Waals surface area contributed by atoms with Crippen molar-refractivity contribution >= 4 is 46.9 Å². The zero-order valence-electron chi connectivity index (χ0n) is 34.5. The second-order valence-corrected chi connectivity index (χ2v) is 18.2. The van der Waals surface area contributed by atoms with Gasteiger partial charge in [0, 0.05) is 31.2 Å². The summed E-state index contributed by atoms with van der Waals surface area (Å²) in [6.07, 6.45) is 1.11. The highest BCUT2D eigenvalue weighted by molar-refractivity contribution is 6.37. The summed E-state index contributed by atoms with van der Waals surface area (Å²) in [5, 5.41) is 0.878. The number of carbonyl (C=O) groups is 3. The van der Waals surface area contributed by atoms with Crippen LogP contribution in [-0.2, 0) is 20.8 Å². The van der Waals surface area contributed by atoms with Crippen molar-refractivity contribution in [2.24, 2.45) is 0 Å².